The summed E-state index contributed by atoms with van der Waals surface area (Å²) in [4.78, 5) is 38.9. The zero-order valence-electron chi connectivity index (χ0n) is 20.2. The van der Waals surface area contributed by atoms with Gasteiger partial charge in [-0.1, -0.05) is 11.8 Å². The van der Waals surface area contributed by atoms with Crippen molar-refractivity contribution in [1.29, 1.82) is 10.8 Å². The molecule has 0 radical (unpaired) electrons. The summed E-state index contributed by atoms with van der Waals surface area (Å²) in [6.45, 7) is -1.16. The Morgan fingerprint density at radius 2 is 1.80 bits per heavy atom. The molecule has 5 rings (SSSR count). The third-order valence-electron chi connectivity index (χ3n) is 7.19. The number of esters is 1. The number of nitrogens with one attached hydrogen (secondary N) is 5. The van der Waals surface area contributed by atoms with Crippen molar-refractivity contribution in [1.82, 2.24) is 25.8 Å². The van der Waals surface area contributed by atoms with Gasteiger partial charge < -0.3 is 35.8 Å². The van der Waals surface area contributed by atoms with E-state index in [1.807, 2.05) is 0 Å². The summed E-state index contributed by atoms with van der Waals surface area (Å²) >= 11 is 0.717. The minimum atomic E-state index is -5.28. The Morgan fingerprint density at radius 1 is 1.12 bits per heavy atom. The number of benzene rings is 1. The summed E-state index contributed by atoms with van der Waals surface area (Å²) in [5.41, 5.74) is -7.20. The van der Waals surface area contributed by atoms with Crippen molar-refractivity contribution >= 4 is 40.8 Å². The zero-order valence-corrected chi connectivity index (χ0v) is 21.0. The molecule has 2 amide bonds. The van der Waals surface area contributed by atoms with Gasteiger partial charge in [0.05, 0.1) is 47.6 Å². The second-order valence-corrected chi connectivity index (χ2v) is 10.5. The zero-order chi connectivity index (χ0) is 30.3. The quantitative estimate of drug-likeness (QED) is 0.138. The molecule has 4 saturated heterocycles. The maximum Gasteiger partial charge on any atom is 0.417 e. The lowest BCUT2D eigenvalue weighted by Crippen LogP contribution is -2.81. The Bertz CT molecular complexity index is 1360. The molecule has 4 fully saturated rings. The monoisotopic (exact) mass is 611 g/mol. The highest BCUT2D eigenvalue weighted by atomic mass is 32.2. The van der Waals surface area contributed by atoms with Gasteiger partial charge in [-0.15, -0.1) is 0 Å². The van der Waals surface area contributed by atoms with E-state index in [9.17, 15) is 50.9 Å². The number of thioether (sulfide) groups is 1. The molecule has 7 N–H and O–H groups in total. The highest BCUT2D eigenvalue weighted by Crippen LogP contribution is 2.45. The van der Waals surface area contributed by atoms with Crippen LogP contribution in [0.5, 0.6) is 0 Å². The number of aliphatic hydroxyl groups is 2. The van der Waals surface area contributed by atoms with Gasteiger partial charge in [0.15, 0.2) is 23.7 Å². The predicted molar refractivity (Wildman–Crippen MR) is 124 cm³/mol. The first kappa shape index (κ1) is 28.7. The molecule has 3 unspecified atom stereocenters. The van der Waals surface area contributed by atoms with Crippen LogP contribution in [-0.4, -0.2) is 97.5 Å². The molecule has 20 heteroatoms. The highest BCUT2D eigenvalue weighted by molar-refractivity contribution is 8.14. The smallest absolute Gasteiger partial charge is 0.417 e. The topological polar surface area (TPSA) is 191 Å². The molecule has 1 spiro atoms. The minimum Gasteiger partial charge on any atom is -0.451 e. The van der Waals surface area contributed by atoms with Gasteiger partial charge >= 0.3 is 18.3 Å². The van der Waals surface area contributed by atoms with E-state index in [1.165, 1.54) is 0 Å². The summed E-state index contributed by atoms with van der Waals surface area (Å²) in [6, 6.07) is -2.35. The number of amides is 2. The fourth-order valence-electron chi connectivity index (χ4n) is 5.35. The van der Waals surface area contributed by atoms with Gasteiger partial charge in [-0.25, -0.2) is 4.79 Å². The van der Waals surface area contributed by atoms with Gasteiger partial charge in [-0.3, -0.25) is 25.3 Å². The van der Waals surface area contributed by atoms with E-state index in [2.05, 4.69) is 16.0 Å². The first-order valence-electron chi connectivity index (χ1n) is 11.5. The molecule has 4 aliphatic rings. The Kier molecular flexibility index (Phi) is 6.39. The van der Waals surface area contributed by atoms with Crippen molar-refractivity contribution in [2.45, 2.75) is 42.0 Å². The lowest BCUT2D eigenvalue weighted by atomic mass is 9.85. The third-order valence-corrected chi connectivity index (χ3v) is 8.04. The van der Waals surface area contributed by atoms with Crippen LogP contribution in [0.15, 0.2) is 18.2 Å². The number of hydrogen-bond acceptors (Lipinski definition) is 9. The standard InChI is InChI=1S/C21H19F6N7O6S/c22-20(23,24)7-1-2-9(21(25,26)27)8(3-7)14(36)40-11-5-34-16(29)30-10(4-33-12(35)6-41-17(33)37)13-18(34,19(11,38)39)32-15(28)31-13/h1-3,10-11,13,38-39H,4-6H2,(H2,29,30)(H3,28,31,32)/t10?,11?,13?,18-/m1/s1. The van der Waals surface area contributed by atoms with Gasteiger partial charge in [0.1, 0.15) is 0 Å². The lowest BCUT2D eigenvalue weighted by molar-refractivity contribution is -0.258. The van der Waals surface area contributed by atoms with E-state index in [-0.39, 0.29) is 24.0 Å². The van der Waals surface area contributed by atoms with E-state index in [4.69, 9.17) is 15.6 Å². The molecule has 4 heterocycles. The van der Waals surface area contributed by atoms with Crippen molar-refractivity contribution in [2.75, 3.05) is 18.8 Å². The fraction of sp³-hybridized carbons (Fsp3) is 0.476. The van der Waals surface area contributed by atoms with Crippen molar-refractivity contribution < 1.29 is 55.7 Å². The number of ether oxygens (including phenoxy) is 1. The molecule has 0 bridgehead atoms. The van der Waals surface area contributed by atoms with Crippen LogP contribution in [-0.2, 0) is 21.9 Å². The Balaban J connectivity index is 1.49. The number of guanidine groups is 2. The SMILES string of the molecule is N=C1NC2C(CN3C(=O)CSC3=O)NC(=N)N3CC(OC(=O)c4cc(C(F)(F)F)ccc4C(F)(F)F)C(O)(O)[C@@]23N1. The molecule has 13 nitrogen and oxygen atoms in total. The Labute approximate surface area is 229 Å². The van der Waals surface area contributed by atoms with Crippen LogP contribution in [0.2, 0.25) is 0 Å². The van der Waals surface area contributed by atoms with Crippen molar-refractivity contribution in [3.05, 3.63) is 34.9 Å². The summed E-state index contributed by atoms with van der Waals surface area (Å²) in [5.74, 6) is -7.05. The average Bonchev–Trinajstić information content (AvgIpc) is 3.45. The molecule has 1 aromatic rings. The minimum absolute atomic E-state index is 0.0460. The molecule has 0 aromatic heterocycles. The molecule has 0 aliphatic carbocycles. The maximum atomic E-state index is 13.6. The number of hydrogen-bond donors (Lipinski definition) is 7. The molecule has 4 aliphatic heterocycles. The van der Waals surface area contributed by atoms with Crippen LogP contribution >= 0.6 is 11.8 Å². The molecule has 41 heavy (non-hydrogen) atoms. The van der Waals surface area contributed by atoms with Gasteiger partial charge in [0.2, 0.25) is 11.7 Å². The lowest BCUT2D eigenvalue weighted by Gasteiger charge is -2.51. The number of imide groups is 1. The maximum absolute atomic E-state index is 13.6. The van der Waals surface area contributed by atoms with E-state index >= 15 is 0 Å². The molecule has 0 saturated carbocycles. The van der Waals surface area contributed by atoms with E-state index in [0.29, 0.717) is 0 Å². The van der Waals surface area contributed by atoms with Gasteiger partial charge in [0.25, 0.3) is 5.24 Å². The number of carbonyl (C=O) groups is 3. The normalized spacial score (nSPS) is 29.1. The van der Waals surface area contributed by atoms with Crippen molar-refractivity contribution in [3.63, 3.8) is 0 Å². The van der Waals surface area contributed by atoms with Crippen LogP contribution < -0.4 is 16.0 Å². The summed E-state index contributed by atoms with van der Waals surface area (Å²) < 4.78 is 85.3. The van der Waals surface area contributed by atoms with E-state index in [1.54, 1.807) is 0 Å². The number of halogens is 6. The Morgan fingerprint density at radius 3 is 2.39 bits per heavy atom. The van der Waals surface area contributed by atoms with Crippen LogP contribution in [0.4, 0.5) is 31.1 Å². The largest absolute Gasteiger partial charge is 0.451 e. The number of carbonyl (C=O) groups excluding carboxylic acids is 3. The third kappa shape index (κ3) is 4.40. The highest BCUT2D eigenvalue weighted by Gasteiger charge is 2.75. The van der Waals surface area contributed by atoms with Crippen LogP contribution in [0.3, 0.4) is 0 Å². The van der Waals surface area contributed by atoms with E-state index < -0.39 is 101 Å². The van der Waals surface area contributed by atoms with E-state index in [0.717, 1.165) is 21.6 Å². The molecular formula is C21H19F6N7O6S. The molecule has 4 atom stereocenters. The van der Waals surface area contributed by atoms with Crippen LogP contribution in [0.25, 0.3) is 0 Å². The predicted octanol–water partition coefficient (Wildman–Crippen LogP) is 0.0405. The second kappa shape index (κ2) is 9.11. The molecule has 1 aromatic carbocycles. The molecular weight excluding hydrogens is 592 g/mol. The first-order chi connectivity index (χ1) is 18.9. The van der Waals surface area contributed by atoms with Crippen molar-refractivity contribution in [3.8, 4) is 0 Å². The van der Waals surface area contributed by atoms with Gasteiger partial charge in [0, 0.05) is 0 Å². The first-order valence-corrected chi connectivity index (χ1v) is 12.5. The second-order valence-electron chi connectivity index (χ2n) is 9.53. The summed E-state index contributed by atoms with van der Waals surface area (Å²) in [5, 5.41) is 46.1. The fourth-order valence-corrected chi connectivity index (χ4v) is 6.09. The summed E-state index contributed by atoms with van der Waals surface area (Å²) in [7, 11) is 0. The average molecular weight is 611 g/mol. The van der Waals surface area contributed by atoms with Gasteiger partial charge in [-0.05, 0) is 18.2 Å². The summed E-state index contributed by atoms with van der Waals surface area (Å²) in [6.07, 6.45) is -12.6. The van der Waals surface area contributed by atoms with Crippen LogP contribution in [0.1, 0.15) is 21.5 Å². The number of rotatable bonds is 4. The number of alkyl halides is 6. The molecule has 222 valence electrons. The van der Waals surface area contributed by atoms with Gasteiger partial charge in [-0.2, -0.15) is 26.3 Å². The van der Waals surface area contributed by atoms with Crippen molar-refractivity contribution in [2.24, 2.45) is 0 Å². The number of nitrogens with zero attached hydrogens (tertiary/aromatic N) is 2. The Hall–Kier alpha value is -3.78. The van der Waals surface area contributed by atoms with Crippen LogP contribution in [0, 0.1) is 10.8 Å².